The maximum Gasteiger partial charge on any atom is 0.231 e. The van der Waals surface area contributed by atoms with E-state index in [0.29, 0.717) is 5.92 Å². The van der Waals surface area contributed by atoms with Gasteiger partial charge in [-0.15, -0.1) is 11.3 Å². The molecule has 21 heavy (non-hydrogen) atoms. The summed E-state index contributed by atoms with van der Waals surface area (Å²) in [5, 5.41) is 3.15. The highest BCUT2D eigenvalue weighted by molar-refractivity contribution is 7.09. The second-order valence-corrected chi connectivity index (χ2v) is 6.75. The van der Waals surface area contributed by atoms with Gasteiger partial charge in [0.15, 0.2) is 0 Å². The van der Waals surface area contributed by atoms with E-state index < -0.39 is 0 Å². The third-order valence-electron chi connectivity index (χ3n) is 4.43. The second-order valence-electron chi connectivity index (χ2n) is 5.77. The number of rotatable bonds is 3. The summed E-state index contributed by atoms with van der Waals surface area (Å²) in [7, 11) is 0. The largest absolute Gasteiger partial charge is 0.312 e. The van der Waals surface area contributed by atoms with Crippen molar-refractivity contribution in [3.8, 4) is 0 Å². The Bertz CT molecular complexity index is 628. The number of aromatic nitrogens is 1. The molecule has 1 aromatic carbocycles. The molecule has 2 aliphatic rings. The Kier molecular flexibility index (Phi) is 3.24. The molecule has 1 aromatic heterocycles. The Morgan fingerprint density at radius 2 is 2.05 bits per heavy atom. The van der Waals surface area contributed by atoms with Gasteiger partial charge in [0, 0.05) is 42.8 Å². The van der Waals surface area contributed by atoms with Crippen molar-refractivity contribution in [2.75, 3.05) is 24.5 Å². The number of benzene rings is 1. The van der Waals surface area contributed by atoms with Gasteiger partial charge in [0.05, 0.1) is 12.5 Å². The van der Waals surface area contributed by atoms with Crippen LogP contribution < -0.4 is 4.90 Å². The van der Waals surface area contributed by atoms with Gasteiger partial charge in [0.2, 0.25) is 5.91 Å². The van der Waals surface area contributed by atoms with Crippen LogP contribution in [0.15, 0.2) is 41.9 Å². The molecule has 0 aliphatic carbocycles. The van der Waals surface area contributed by atoms with Crippen molar-refractivity contribution in [1.82, 2.24) is 9.88 Å². The van der Waals surface area contributed by atoms with Crippen LogP contribution in [0.1, 0.15) is 5.01 Å². The number of likely N-dealkylation sites (tertiary alicyclic amines) is 1. The Hall–Kier alpha value is -1.72. The van der Waals surface area contributed by atoms with Gasteiger partial charge in [-0.2, -0.15) is 0 Å². The predicted octanol–water partition coefficient (Wildman–Crippen LogP) is 2.24. The molecule has 0 bridgehead atoms. The lowest BCUT2D eigenvalue weighted by Crippen LogP contribution is -2.32. The minimum Gasteiger partial charge on any atom is -0.312 e. The molecule has 2 atom stereocenters. The average molecular weight is 299 g/mol. The fraction of sp³-hybridized carbons (Fsp3) is 0.375. The maximum absolute atomic E-state index is 12.6. The summed E-state index contributed by atoms with van der Waals surface area (Å²) in [6.45, 7) is 3.59. The summed E-state index contributed by atoms with van der Waals surface area (Å²) in [6.07, 6.45) is 1.85. The van der Waals surface area contributed by atoms with Crippen LogP contribution in [0.2, 0.25) is 0 Å². The summed E-state index contributed by atoms with van der Waals surface area (Å²) >= 11 is 1.69. The Morgan fingerprint density at radius 1 is 1.19 bits per heavy atom. The molecular formula is C16H17N3OS. The molecule has 5 heteroatoms. The van der Waals surface area contributed by atoms with Crippen molar-refractivity contribution in [2.45, 2.75) is 6.54 Å². The molecule has 2 aromatic rings. The number of amides is 1. The van der Waals surface area contributed by atoms with Crippen LogP contribution in [0, 0.1) is 11.8 Å². The number of thiazole rings is 1. The number of para-hydroxylation sites is 1. The molecule has 2 fully saturated rings. The first-order chi connectivity index (χ1) is 10.3. The van der Waals surface area contributed by atoms with E-state index in [4.69, 9.17) is 0 Å². The van der Waals surface area contributed by atoms with E-state index >= 15 is 0 Å². The van der Waals surface area contributed by atoms with Crippen molar-refractivity contribution < 1.29 is 4.79 Å². The minimum absolute atomic E-state index is 0.158. The molecule has 3 heterocycles. The lowest BCUT2D eigenvalue weighted by atomic mass is 10.0. The van der Waals surface area contributed by atoms with E-state index in [9.17, 15) is 4.79 Å². The predicted molar refractivity (Wildman–Crippen MR) is 83.2 cm³/mol. The molecule has 0 N–H and O–H groups in total. The van der Waals surface area contributed by atoms with Crippen LogP contribution in [0.3, 0.4) is 0 Å². The highest BCUT2D eigenvalue weighted by atomic mass is 32.1. The van der Waals surface area contributed by atoms with Crippen molar-refractivity contribution in [2.24, 2.45) is 11.8 Å². The second kappa shape index (κ2) is 5.24. The average Bonchev–Trinajstić information content (AvgIpc) is 3.20. The van der Waals surface area contributed by atoms with E-state index in [-0.39, 0.29) is 11.8 Å². The van der Waals surface area contributed by atoms with Gasteiger partial charge in [0.25, 0.3) is 0 Å². The van der Waals surface area contributed by atoms with Crippen LogP contribution >= 0.6 is 11.3 Å². The molecule has 0 unspecified atom stereocenters. The topological polar surface area (TPSA) is 36.4 Å². The molecule has 0 saturated carbocycles. The van der Waals surface area contributed by atoms with Crippen molar-refractivity contribution in [1.29, 1.82) is 0 Å². The molecule has 1 amide bonds. The van der Waals surface area contributed by atoms with E-state index in [0.717, 1.165) is 36.9 Å². The molecule has 2 aliphatic heterocycles. The van der Waals surface area contributed by atoms with Crippen molar-refractivity contribution >= 4 is 22.9 Å². The molecular weight excluding hydrogens is 282 g/mol. The summed E-state index contributed by atoms with van der Waals surface area (Å²) in [5.41, 5.74) is 1.03. The van der Waals surface area contributed by atoms with Crippen LogP contribution in [0.25, 0.3) is 0 Å². The Morgan fingerprint density at radius 3 is 2.76 bits per heavy atom. The number of anilines is 1. The zero-order valence-corrected chi connectivity index (χ0v) is 12.5. The van der Waals surface area contributed by atoms with Gasteiger partial charge in [0.1, 0.15) is 5.01 Å². The monoisotopic (exact) mass is 299 g/mol. The first-order valence-corrected chi connectivity index (χ1v) is 8.16. The highest BCUT2D eigenvalue weighted by Crippen LogP contribution is 2.35. The fourth-order valence-electron chi connectivity index (χ4n) is 3.44. The first kappa shape index (κ1) is 13.0. The minimum atomic E-state index is 0.158. The van der Waals surface area contributed by atoms with Gasteiger partial charge >= 0.3 is 0 Å². The van der Waals surface area contributed by atoms with Gasteiger partial charge in [-0.25, -0.2) is 4.98 Å². The number of nitrogens with zero attached hydrogens (tertiary/aromatic N) is 3. The molecule has 4 rings (SSSR count). The lowest BCUT2D eigenvalue weighted by Gasteiger charge is -2.21. The molecule has 0 radical (unpaired) electrons. The number of hydrogen-bond donors (Lipinski definition) is 0. The highest BCUT2D eigenvalue weighted by Gasteiger charge is 2.46. The Labute approximate surface area is 128 Å². The smallest absolute Gasteiger partial charge is 0.231 e. The standard InChI is InChI=1S/C16H17N3OS/c20-16-14-10-18(11-15-17-6-7-21-15)8-12(14)9-19(16)13-4-2-1-3-5-13/h1-7,12,14H,8-11H2/t12-,14+/m1/s1. The van der Waals surface area contributed by atoms with E-state index in [2.05, 4.69) is 9.88 Å². The van der Waals surface area contributed by atoms with E-state index in [1.807, 2.05) is 46.8 Å². The fourth-order valence-corrected chi connectivity index (χ4v) is 4.10. The normalized spacial score (nSPS) is 25.5. The molecule has 2 saturated heterocycles. The van der Waals surface area contributed by atoms with Crippen LogP contribution in [0.5, 0.6) is 0 Å². The molecule has 0 spiro atoms. The quantitative estimate of drug-likeness (QED) is 0.872. The molecule has 4 nitrogen and oxygen atoms in total. The Balaban J connectivity index is 1.45. The van der Waals surface area contributed by atoms with Gasteiger partial charge in [-0.1, -0.05) is 18.2 Å². The van der Waals surface area contributed by atoms with E-state index in [1.165, 1.54) is 0 Å². The van der Waals surface area contributed by atoms with Gasteiger partial charge in [-0.3, -0.25) is 9.69 Å². The van der Waals surface area contributed by atoms with Crippen molar-refractivity contribution in [3.05, 3.63) is 46.9 Å². The third-order valence-corrected chi connectivity index (χ3v) is 5.19. The number of carbonyl (C=O) groups excluding carboxylic acids is 1. The number of carbonyl (C=O) groups is 1. The van der Waals surface area contributed by atoms with Crippen LogP contribution in [-0.2, 0) is 11.3 Å². The summed E-state index contributed by atoms with van der Waals surface area (Å²) in [4.78, 5) is 21.3. The zero-order valence-electron chi connectivity index (χ0n) is 11.7. The first-order valence-electron chi connectivity index (χ1n) is 7.28. The van der Waals surface area contributed by atoms with Gasteiger partial charge in [-0.05, 0) is 12.1 Å². The van der Waals surface area contributed by atoms with Crippen LogP contribution in [0.4, 0.5) is 5.69 Å². The van der Waals surface area contributed by atoms with Crippen molar-refractivity contribution in [3.63, 3.8) is 0 Å². The summed E-state index contributed by atoms with van der Waals surface area (Å²) in [6, 6.07) is 10.0. The van der Waals surface area contributed by atoms with Crippen LogP contribution in [-0.4, -0.2) is 35.4 Å². The maximum atomic E-state index is 12.6. The SMILES string of the molecule is O=C1[C@H]2CN(Cc3nccs3)C[C@@H]2CN1c1ccccc1. The summed E-state index contributed by atoms with van der Waals surface area (Å²) in [5.74, 6) is 0.899. The third kappa shape index (κ3) is 2.36. The lowest BCUT2D eigenvalue weighted by molar-refractivity contribution is -0.120. The van der Waals surface area contributed by atoms with Gasteiger partial charge < -0.3 is 4.90 Å². The zero-order chi connectivity index (χ0) is 14.2. The number of hydrogen-bond acceptors (Lipinski definition) is 4. The summed E-state index contributed by atoms with van der Waals surface area (Å²) < 4.78 is 0. The van der Waals surface area contributed by atoms with E-state index in [1.54, 1.807) is 11.3 Å². The number of fused-ring (bicyclic) bond motifs is 1. The molecule has 108 valence electrons.